The van der Waals surface area contributed by atoms with Gasteiger partial charge in [-0.2, -0.15) is 0 Å². The second kappa shape index (κ2) is 4.33. The van der Waals surface area contributed by atoms with Gasteiger partial charge in [-0.25, -0.2) is 0 Å². The van der Waals surface area contributed by atoms with E-state index in [4.69, 9.17) is 4.74 Å². The zero-order valence-electron chi connectivity index (χ0n) is 8.42. The first-order chi connectivity index (χ1) is 7.16. The maximum atomic E-state index is 10.9. The maximum absolute atomic E-state index is 10.9. The number of hydrogen-bond donors (Lipinski definition) is 1. The van der Waals surface area contributed by atoms with Crippen LogP contribution in [-0.4, -0.2) is 19.1 Å². The molecule has 0 aromatic heterocycles. The van der Waals surface area contributed by atoms with Crippen LogP contribution in [0.25, 0.3) is 0 Å². The number of carbonyl (C=O) groups is 1. The van der Waals surface area contributed by atoms with Gasteiger partial charge in [0.15, 0.2) is 0 Å². The average molecular weight is 270 g/mol. The standard InChI is InChI=1S/C11H12BrNO2/c1-7-2-3-8(12)4-9(7)10-5-13-11(14)6-15-10/h2-4,10H,5-6H2,1H3,(H,13,14). The Morgan fingerprint density at radius 2 is 2.33 bits per heavy atom. The Balaban J connectivity index is 2.21. The van der Waals surface area contributed by atoms with Crippen molar-refractivity contribution in [3.63, 3.8) is 0 Å². The van der Waals surface area contributed by atoms with Crippen molar-refractivity contribution < 1.29 is 9.53 Å². The molecular weight excluding hydrogens is 258 g/mol. The van der Waals surface area contributed by atoms with Gasteiger partial charge in [0.25, 0.3) is 0 Å². The topological polar surface area (TPSA) is 38.3 Å². The average Bonchev–Trinajstić information content (AvgIpc) is 2.23. The Morgan fingerprint density at radius 1 is 1.53 bits per heavy atom. The fraction of sp³-hybridized carbons (Fsp3) is 0.364. The van der Waals surface area contributed by atoms with Crippen molar-refractivity contribution in [3.05, 3.63) is 33.8 Å². The van der Waals surface area contributed by atoms with Crippen LogP contribution in [0.5, 0.6) is 0 Å². The molecule has 0 aliphatic carbocycles. The van der Waals surface area contributed by atoms with Crippen LogP contribution in [0.1, 0.15) is 17.2 Å². The van der Waals surface area contributed by atoms with Crippen molar-refractivity contribution in [2.24, 2.45) is 0 Å². The van der Waals surface area contributed by atoms with Gasteiger partial charge >= 0.3 is 0 Å². The number of amides is 1. The van der Waals surface area contributed by atoms with E-state index in [1.807, 2.05) is 25.1 Å². The summed E-state index contributed by atoms with van der Waals surface area (Å²) in [5.41, 5.74) is 2.31. The van der Waals surface area contributed by atoms with Gasteiger partial charge < -0.3 is 10.1 Å². The van der Waals surface area contributed by atoms with E-state index in [0.717, 1.165) is 10.0 Å². The number of aryl methyl sites for hydroxylation is 1. The summed E-state index contributed by atoms with van der Waals surface area (Å²) in [6, 6.07) is 6.08. The normalized spacial score (nSPS) is 21.2. The van der Waals surface area contributed by atoms with Crippen molar-refractivity contribution in [1.29, 1.82) is 0 Å². The number of carbonyl (C=O) groups excluding carboxylic acids is 1. The van der Waals surface area contributed by atoms with E-state index in [1.165, 1.54) is 5.56 Å². The molecule has 0 saturated carbocycles. The van der Waals surface area contributed by atoms with Gasteiger partial charge in [-0.1, -0.05) is 22.0 Å². The molecule has 0 bridgehead atoms. The van der Waals surface area contributed by atoms with E-state index >= 15 is 0 Å². The van der Waals surface area contributed by atoms with E-state index in [1.54, 1.807) is 0 Å². The van der Waals surface area contributed by atoms with Crippen LogP contribution >= 0.6 is 15.9 Å². The summed E-state index contributed by atoms with van der Waals surface area (Å²) in [7, 11) is 0. The molecule has 80 valence electrons. The molecule has 1 amide bonds. The molecule has 1 atom stereocenters. The third-order valence-electron chi connectivity index (χ3n) is 2.49. The summed E-state index contributed by atoms with van der Waals surface area (Å²) < 4.78 is 6.51. The summed E-state index contributed by atoms with van der Waals surface area (Å²) in [4.78, 5) is 10.9. The molecule has 1 saturated heterocycles. The number of benzene rings is 1. The highest BCUT2D eigenvalue weighted by Crippen LogP contribution is 2.25. The molecule has 0 spiro atoms. The fourth-order valence-corrected chi connectivity index (χ4v) is 2.03. The van der Waals surface area contributed by atoms with Crippen LogP contribution < -0.4 is 5.32 Å². The fourth-order valence-electron chi connectivity index (χ4n) is 1.65. The number of ether oxygens (including phenoxy) is 1. The second-order valence-electron chi connectivity index (χ2n) is 3.60. The molecule has 1 fully saturated rings. The summed E-state index contributed by atoms with van der Waals surface area (Å²) in [6.07, 6.45) is -0.0276. The lowest BCUT2D eigenvalue weighted by Gasteiger charge is -2.24. The lowest BCUT2D eigenvalue weighted by Crippen LogP contribution is -2.38. The van der Waals surface area contributed by atoms with Gasteiger partial charge in [0.1, 0.15) is 12.7 Å². The van der Waals surface area contributed by atoms with Crippen molar-refractivity contribution in [1.82, 2.24) is 5.32 Å². The van der Waals surface area contributed by atoms with Crippen molar-refractivity contribution in [2.75, 3.05) is 13.2 Å². The van der Waals surface area contributed by atoms with E-state index in [-0.39, 0.29) is 18.6 Å². The molecule has 2 rings (SSSR count). The summed E-state index contributed by atoms with van der Waals surface area (Å²) in [5.74, 6) is -0.0427. The Hall–Kier alpha value is -0.870. The maximum Gasteiger partial charge on any atom is 0.246 e. The number of morpholine rings is 1. The first-order valence-corrected chi connectivity index (χ1v) is 5.60. The third-order valence-corrected chi connectivity index (χ3v) is 2.98. The Morgan fingerprint density at radius 3 is 3.00 bits per heavy atom. The van der Waals surface area contributed by atoms with Gasteiger partial charge in [-0.3, -0.25) is 4.79 Å². The van der Waals surface area contributed by atoms with Crippen LogP contribution in [0, 0.1) is 6.92 Å². The Kier molecular flexibility index (Phi) is 3.07. The SMILES string of the molecule is Cc1ccc(Br)cc1C1CNC(=O)CO1. The van der Waals surface area contributed by atoms with Crippen LogP contribution in [-0.2, 0) is 9.53 Å². The molecule has 1 heterocycles. The summed E-state index contributed by atoms with van der Waals surface area (Å²) in [6.45, 7) is 2.74. The highest BCUT2D eigenvalue weighted by molar-refractivity contribution is 9.10. The van der Waals surface area contributed by atoms with Crippen molar-refractivity contribution >= 4 is 21.8 Å². The molecule has 1 unspecified atom stereocenters. The lowest BCUT2D eigenvalue weighted by molar-refractivity contribution is -0.133. The molecule has 3 nitrogen and oxygen atoms in total. The largest absolute Gasteiger partial charge is 0.362 e. The molecule has 1 N–H and O–H groups in total. The quantitative estimate of drug-likeness (QED) is 0.847. The zero-order chi connectivity index (χ0) is 10.8. The smallest absolute Gasteiger partial charge is 0.246 e. The first-order valence-electron chi connectivity index (χ1n) is 4.81. The lowest BCUT2D eigenvalue weighted by atomic mass is 10.0. The molecule has 1 aliphatic rings. The minimum Gasteiger partial charge on any atom is -0.362 e. The van der Waals surface area contributed by atoms with E-state index in [2.05, 4.69) is 21.2 Å². The van der Waals surface area contributed by atoms with Gasteiger partial charge in [0.2, 0.25) is 5.91 Å². The molecule has 15 heavy (non-hydrogen) atoms. The van der Waals surface area contributed by atoms with E-state index < -0.39 is 0 Å². The highest BCUT2D eigenvalue weighted by Gasteiger charge is 2.21. The van der Waals surface area contributed by atoms with Gasteiger partial charge in [-0.15, -0.1) is 0 Å². The van der Waals surface area contributed by atoms with Crippen LogP contribution in [0.15, 0.2) is 22.7 Å². The second-order valence-corrected chi connectivity index (χ2v) is 4.52. The molecule has 1 aromatic rings. The van der Waals surface area contributed by atoms with Gasteiger partial charge in [-0.05, 0) is 30.2 Å². The number of hydrogen-bond acceptors (Lipinski definition) is 2. The molecule has 1 aliphatic heterocycles. The van der Waals surface area contributed by atoms with Crippen LogP contribution in [0.3, 0.4) is 0 Å². The number of nitrogens with one attached hydrogen (secondary N) is 1. The highest BCUT2D eigenvalue weighted by atomic mass is 79.9. The molecule has 4 heteroatoms. The zero-order valence-corrected chi connectivity index (χ0v) is 10.0. The first kappa shape index (κ1) is 10.6. The Bertz CT molecular complexity index is 382. The molecule has 1 aromatic carbocycles. The third kappa shape index (κ3) is 2.38. The summed E-state index contributed by atoms with van der Waals surface area (Å²) >= 11 is 3.43. The van der Waals surface area contributed by atoms with E-state index in [9.17, 15) is 4.79 Å². The van der Waals surface area contributed by atoms with Gasteiger partial charge in [0.05, 0.1) is 0 Å². The number of halogens is 1. The van der Waals surface area contributed by atoms with Crippen molar-refractivity contribution in [3.8, 4) is 0 Å². The predicted octanol–water partition coefficient (Wildman–Crippen LogP) is 1.95. The summed E-state index contributed by atoms with van der Waals surface area (Å²) in [5, 5.41) is 2.80. The number of rotatable bonds is 1. The Labute approximate surface area is 96.9 Å². The van der Waals surface area contributed by atoms with Crippen LogP contribution in [0.2, 0.25) is 0 Å². The minimum absolute atomic E-state index is 0.0276. The van der Waals surface area contributed by atoms with E-state index in [0.29, 0.717) is 6.54 Å². The predicted molar refractivity (Wildman–Crippen MR) is 60.6 cm³/mol. The van der Waals surface area contributed by atoms with Crippen LogP contribution in [0.4, 0.5) is 0 Å². The molecular formula is C11H12BrNO2. The van der Waals surface area contributed by atoms with Gasteiger partial charge in [0, 0.05) is 11.0 Å². The minimum atomic E-state index is -0.0427. The monoisotopic (exact) mass is 269 g/mol. The van der Waals surface area contributed by atoms with Crippen molar-refractivity contribution in [2.45, 2.75) is 13.0 Å². The molecule has 0 radical (unpaired) electrons.